The molecule has 1 aromatic carbocycles. The number of anilines is 1. The first-order valence-electron chi connectivity index (χ1n) is 5.16. The number of rotatable bonds is 3. The van der Waals surface area contributed by atoms with Crippen molar-refractivity contribution in [2.24, 2.45) is 5.73 Å². The summed E-state index contributed by atoms with van der Waals surface area (Å²) in [6.07, 6.45) is 0. The van der Waals surface area contributed by atoms with E-state index in [9.17, 15) is 8.42 Å². The van der Waals surface area contributed by atoms with Crippen LogP contribution in [0.4, 0.5) is 5.69 Å². The molecule has 0 heterocycles. The number of nitrogens with two attached hydrogens (primary N) is 1. The van der Waals surface area contributed by atoms with Crippen molar-refractivity contribution < 1.29 is 8.42 Å². The summed E-state index contributed by atoms with van der Waals surface area (Å²) < 4.78 is 25.5. The molecule has 0 bridgehead atoms. The first-order chi connectivity index (χ1) is 8.04. The highest BCUT2D eigenvalue weighted by Gasteiger charge is 2.29. The lowest BCUT2D eigenvalue weighted by Crippen LogP contribution is -2.33. The van der Waals surface area contributed by atoms with Crippen molar-refractivity contribution in [3.05, 3.63) is 28.8 Å². The highest BCUT2D eigenvalue weighted by atomic mass is 35.5. The van der Waals surface area contributed by atoms with Gasteiger partial charge in [0.1, 0.15) is 4.99 Å². The Morgan fingerprint density at radius 3 is 2.33 bits per heavy atom. The Morgan fingerprint density at radius 1 is 1.39 bits per heavy atom. The highest BCUT2D eigenvalue weighted by molar-refractivity contribution is 7.94. The maximum atomic E-state index is 12.0. The van der Waals surface area contributed by atoms with Crippen LogP contribution in [0.3, 0.4) is 0 Å². The molecular weight excluding hydrogens is 292 g/mol. The highest BCUT2D eigenvalue weighted by Crippen LogP contribution is 2.27. The minimum absolute atomic E-state index is 0.210. The first-order valence-corrected chi connectivity index (χ1v) is 7.43. The molecule has 0 aliphatic rings. The van der Waals surface area contributed by atoms with Gasteiger partial charge in [0.25, 0.3) is 0 Å². The molecule has 0 fully saturated rings. The summed E-state index contributed by atoms with van der Waals surface area (Å²) in [5.74, 6) is 0. The molecular formula is C11H15ClN2O2S2. The predicted octanol–water partition coefficient (Wildman–Crippen LogP) is 2.51. The number of hydrogen-bond acceptors (Lipinski definition) is 3. The molecule has 0 radical (unpaired) electrons. The zero-order valence-electron chi connectivity index (χ0n) is 10.3. The molecule has 0 saturated carbocycles. The quantitative estimate of drug-likeness (QED) is 0.842. The van der Waals surface area contributed by atoms with Gasteiger partial charge < -0.3 is 5.73 Å². The maximum absolute atomic E-state index is 12.0. The normalized spacial score (nSPS) is 12.2. The summed E-state index contributed by atoms with van der Waals surface area (Å²) in [7, 11) is -3.50. The van der Waals surface area contributed by atoms with Gasteiger partial charge in [-0.05, 0) is 39.0 Å². The van der Waals surface area contributed by atoms with Gasteiger partial charge >= 0.3 is 0 Å². The number of sulfonamides is 1. The molecule has 0 aliphatic carbocycles. The van der Waals surface area contributed by atoms with Crippen LogP contribution in [0.25, 0.3) is 0 Å². The largest absolute Gasteiger partial charge is 0.389 e. The number of benzene rings is 1. The maximum Gasteiger partial charge on any atom is 0.237 e. The average molecular weight is 307 g/mol. The van der Waals surface area contributed by atoms with Crippen molar-refractivity contribution in [3.63, 3.8) is 0 Å². The van der Waals surface area contributed by atoms with Gasteiger partial charge in [0.05, 0.1) is 15.5 Å². The molecule has 0 amide bonds. The van der Waals surface area contributed by atoms with E-state index in [-0.39, 0.29) is 10.0 Å². The summed E-state index contributed by atoms with van der Waals surface area (Å²) in [6.45, 7) is 4.81. The van der Waals surface area contributed by atoms with Crippen molar-refractivity contribution in [1.29, 1.82) is 0 Å². The van der Waals surface area contributed by atoms with E-state index in [1.54, 1.807) is 32.9 Å². The fourth-order valence-electron chi connectivity index (χ4n) is 1.05. The zero-order valence-corrected chi connectivity index (χ0v) is 12.7. The van der Waals surface area contributed by atoms with Gasteiger partial charge in [0, 0.05) is 5.56 Å². The SMILES string of the molecule is CC(C)(C)S(=O)(=O)Nc1ccc(C(N)=S)cc1Cl. The van der Waals surface area contributed by atoms with Crippen molar-refractivity contribution in [2.75, 3.05) is 4.72 Å². The summed E-state index contributed by atoms with van der Waals surface area (Å²) >= 11 is 10.8. The van der Waals surface area contributed by atoms with Crippen LogP contribution in [-0.2, 0) is 10.0 Å². The average Bonchev–Trinajstić information content (AvgIpc) is 2.18. The van der Waals surface area contributed by atoms with E-state index in [0.29, 0.717) is 11.3 Å². The van der Waals surface area contributed by atoms with E-state index < -0.39 is 14.8 Å². The van der Waals surface area contributed by atoms with E-state index in [2.05, 4.69) is 4.72 Å². The molecule has 18 heavy (non-hydrogen) atoms. The molecule has 4 nitrogen and oxygen atoms in total. The molecule has 1 aromatic rings. The van der Waals surface area contributed by atoms with Gasteiger partial charge in [-0.15, -0.1) is 0 Å². The molecule has 0 unspecified atom stereocenters. The van der Waals surface area contributed by atoms with Crippen LogP contribution in [-0.4, -0.2) is 18.2 Å². The molecule has 100 valence electrons. The van der Waals surface area contributed by atoms with Crippen molar-refractivity contribution in [3.8, 4) is 0 Å². The third-order valence-corrected chi connectivity index (χ3v) is 4.95. The van der Waals surface area contributed by atoms with Gasteiger partial charge in [-0.25, -0.2) is 8.42 Å². The van der Waals surface area contributed by atoms with Gasteiger partial charge in [-0.3, -0.25) is 4.72 Å². The summed E-state index contributed by atoms with van der Waals surface area (Å²) in [4.78, 5) is 0.210. The monoisotopic (exact) mass is 306 g/mol. The van der Waals surface area contributed by atoms with Crippen LogP contribution in [0.1, 0.15) is 26.3 Å². The van der Waals surface area contributed by atoms with E-state index >= 15 is 0 Å². The third-order valence-electron chi connectivity index (χ3n) is 2.30. The molecule has 1 rings (SSSR count). The van der Waals surface area contributed by atoms with Crippen LogP contribution in [0.15, 0.2) is 18.2 Å². The summed E-state index contributed by atoms with van der Waals surface area (Å²) in [5.41, 5.74) is 6.37. The zero-order chi connectivity index (χ0) is 14.1. The van der Waals surface area contributed by atoms with Crippen LogP contribution in [0.5, 0.6) is 0 Å². The Kier molecular flexibility index (Phi) is 4.25. The number of halogens is 1. The topological polar surface area (TPSA) is 72.2 Å². The second-order valence-electron chi connectivity index (χ2n) is 4.78. The van der Waals surface area contributed by atoms with Crippen LogP contribution in [0.2, 0.25) is 5.02 Å². The number of thiocarbonyl (C=S) groups is 1. The van der Waals surface area contributed by atoms with E-state index in [4.69, 9.17) is 29.6 Å². The third kappa shape index (κ3) is 3.34. The molecule has 0 aliphatic heterocycles. The lowest BCUT2D eigenvalue weighted by Gasteiger charge is -2.21. The molecule has 7 heteroatoms. The van der Waals surface area contributed by atoms with Crippen molar-refractivity contribution in [2.45, 2.75) is 25.5 Å². The Balaban J connectivity index is 3.11. The first kappa shape index (κ1) is 15.2. The number of hydrogen-bond donors (Lipinski definition) is 2. The van der Waals surface area contributed by atoms with Crippen LogP contribution in [0, 0.1) is 0 Å². The smallest absolute Gasteiger partial charge is 0.237 e. The molecule has 3 N–H and O–H groups in total. The van der Waals surface area contributed by atoms with E-state index in [1.165, 1.54) is 6.07 Å². The van der Waals surface area contributed by atoms with Gasteiger partial charge in [0.2, 0.25) is 10.0 Å². The second-order valence-corrected chi connectivity index (χ2v) is 8.06. The lowest BCUT2D eigenvalue weighted by atomic mass is 10.2. The second kappa shape index (κ2) is 5.03. The minimum atomic E-state index is -3.50. The fourth-order valence-corrected chi connectivity index (χ4v) is 2.23. The predicted molar refractivity (Wildman–Crippen MR) is 79.6 cm³/mol. The van der Waals surface area contributed by atoms with Crippen LogP contribution >= 0.6 is 23.8 Å². The van der Waals surface area contributed by atoms with Gasteiger partial charge in [-0.1, -0.05) is 23.8 Å². The molecule has 0 saturated heterocycles. The van der Waals surface area contributed by atoms with Gasteiger partial charge in [-0.2, -0.15) is 0 Å². The lowest BCUT2D eigenvalue weighted by molar-refractivity contribution is 0.566. The van der Waals surface area contributed by atoms with E-state index in [0.717, 1.165) is 0 Å². The summed E-state index contributed by atoms with van der Waals surface area (Å²) in [6, 6.07) is 4.69. The fraction of sp³-hybridized carbons (Fsp3) is 0.364. The molecule has 0 spiro atoms. The van der Waals surface area contributed by atoms with E-state index in [1.807, 2.05) is 0 Å². The van der Waals surface area contributed by atoms with Crippen molar-refractivity contribution >= 4 is 44.5 Å². The Hall–Kier alpha value is -0.850. The Labute approximate surface area is 118 Å². The Bertz CT molecular complexity index is 577. The van der Waals surface area contributed by atoms with Gasteiger partial charge in [0.15, 0.2) is 0 Å². The van der Waals surface area contributed by atoms with Crippen LogP contribution < -0.4 is 10.5 Å². The minimum Gasteiger partial charge on any atom is -0.389 e. The standard InChI is InChI=1S/C11H15ClN2O2S2/c1-11(2,3)18(15,16)14-9-5-4-7(10(13)17)6-8(9)12/h4-6,14H,1-3H3,(H2,13,17). The number of nitrogens with one attached hydrogen (secondary N) is 1. The Morgan fingerprint density at radius 2 is 1.94 bits per heavy atom. The molecule has 0 aromatic heterocycles. The van der Waals surface area contributed by atoms with Crippen molar-refractivity contribution in [1.82, 2.24) is 0 Å². The summed E-state index contributed by atoms with van der Waals surface area (Å²) in [5, 5.41) is 0.258. The molecule has 0 atom stereocenters.